The Morgan fingerprint density at radius 1 is 1.35 bits per heavy atom. The van der Waals surface area contributed by atoms with Crippen molar-refractivity contribution in [2.75, 3.05) is 19.7 Å². The molecular weight excluding hydrogens is 259 g/mol. The molecule has 1 aromatic carbocycles. The highest BCUT2D eigenvalue weighted by molar-refractivity contribution is 5.80. The lowest BCUT2D eigenvalue weighted by molar-refractivity contribution is -0.128. The third-order valence-corrected chi connectivity index (χ3v) is 3.98. The number of amides is 1. The zero-order chi connectivity index (χ0) is 13.9. The average Bonchev–Trinajstić information content (AvgIpc) is 3.07. The van der Waals surface area contributed by atoms with Crippen molar-refractivity contribution >= 4 is 5.91 Å². The lowest BCUT2D eigenvalue weighted by atomic mass is 10.1. The van der Waals surface area contributed by atoms with Crippen LogP contribution in [0.25, 0.3) is 0 Å². The Balaban J connectivity index is 1.66. The Labute approximate surface area is 117 Å². The van der Waals surface area contributed by atoms with Gasteiger partial charge in [-0.25, -0.2) is 4.39 Å². The van der Waals surface area contributed by atoms with E-state index < -0.39 is 0 Å². The van der Waals surface area contributed by atoms with Gasteiger partial charge in [-0.3, -0.25) is 10.1 Å². The molecule has 2 unspecified atom stereocenters. The van der Waals surface area contributed by atoms with Gasteiger partial charge in [0.2, 0.25) is 5.91 Å². The lowest BCUT2D eigenvalue weighted by Crippen LogP contribution is -2.32. The van der Waals surface area contributed by atoms with E-state index in [-0.39, 0.29) is 24.0 Å². The van der Waals surface area contributed by atoms with Crippen molar-refractivity contribution in [2.45, 2.75) is 31.5 Å². The molecule has 1 N–H and O–H groups in total. The summed E-state index contributed by atoms with van der Waals surface area (Å²) in [5.41, 5.74) is 0.921. The highest BCUT2D eigenvalue weighted by atomic mass is 19.1. The van der Waals surface area contributed by atoms with Crippen LogP contribution in [0.15, 0.2) is 24.3 Å². The molecule has 108 valence electrons. The quantitative estimate of drug-likeness (QED) is 0.913. The summed E-state index contributed by atoms with van der Waals surface area (Å²) in [7, 11) is 0. The predicted octanol–water partition coefficient (Wildman–Crippen LogP) is 1.83. The number of rotatable bonds is 4. The molecule has 3 rings (SSSR count). The highest BCUT2D eigenvalue weighted by Crippen LogP contribution is 2.24. The first-order valence-electron chi connectivity index (χ1n) is 7.14. The van der Waals surface area contributed by atoms with Gasteiger partial charge in [0.05, 0.1) is 12.6 Å². The van der Waals surface area contributed by atoms with E-state index in [0.717, 1.165) is 31.4 Å². The molecule has 2 aliphatic heterocycles. The van der Waals surface area contributed by atoms with E-state index in [1.54, 1.807) is 12.1 Å². The second kappa shape index (κ2) is 5.89. The van der Waals surface area contributed by atoms with E-state index in [4.69, 9.17) is 4.74 Å². The molecule has 1 amide bonds. The first-order chi connectivity index (χ1) is 9.74. The van der Waals surface area contributed by atoms with Crippen LogP contribution in [0.2, 0.25) is 0 Å². The molecule has 0 spiro atoms. The molecule has 2 atom stereocenters. The predicted molar refractivity (Wildman–Crippen MR) is 72.4 cm³/mol. The topological polar surface area (TPSA) is 41.6 Å². The third-order valence-electron chi connectivity index (χ3n) is 3.98. The van der Waals surface area contributed by atoms with Gasteiger partial charge in [0.15, 0.2) is 0 Å². The van der Waals surface area contributed by atoms with Crippen LogP contribution in [0.5, 0.6) is 0 Å². The van der Waals surface area contributed by atoms with Crippen LogP contribution in [0, 0.1) is 5.82 Å². The zero-order valence-electron chi connectivity index (χ0n) is 11.3. The van der Waals surface area contributed by atoms with Gasteiger partial charge in [-0.2, -0.15) is 0 Å². The number of nitrogens with one attached hydrogen (secondary N) is 1. The molecular formula is C15H19FN2O2. The van der Waals surface area contributed by atoms with Gasteiger partial charge in [0.25, 0.3) is 0 Å². The second-order valence-electron chi connectivity index (χ2n) is 5.35. The van der Waals surface area contributed by atoms with Crippen molar-refractivity contribution in [1.82, 2.24) is 10.2 Å². The van der Waals surface area contributed by atoms with Gasteiger partial charge in [-0.15, -0.1) is 0 Å². The minimum atomic E-state index is -0.260. The summed E-state index contributed by atoms with van der Waals surface area (Å²) in [5.74, 6) is -0.165. The number of nitrogens with zero attached hydrogens (tertiary/aromatic N) is 1. The summed E-state index contributed by atoms with van der Waals surface area (Å²) in [4.78, 5) is 13.8. The fourth-order valence-electron chi connectivity index (χ4n) is 2.89. The molecule has 0 radical (unpaired) electrons. The molecule has 2 aliphatic rings. The van der Waals surface area contributed by atoms with Crippen LogP contribution in [-0.2, 0) is 9.53 Å². The molecule has 0 aliphatic carbocycles. The van der Waals surface area contributed by atoms with Gasteiger partial charge < -0.3 is 9.64 Å². The van der Waals surface area contributed by atoms with Gasteiger partial charge in [-0.05, 0) is 37.0 Å². The number of carbonyl (C=O) groups excluding carboxylic acids is 1. The fraction of sp³-hybridized carbons (Fsp3) is 0.533. The SMILES string of the molecule is O=C1CNC(c2ccc(F)cc2)N1CCC1CCCO1. The van der Waals surface area contributed by atoms with Crippen molar-refractivity contribution in [2.24, 2.45) is 0 Å². The van der Waals surface area contributed by atoms with Crippen LogP contribution in [-0.4, -0.2) is 36.6 Å². The average molecular weight is 278 g/mol. The maximum atomic E-state index is 13.0. The normalized spacial score (nSPS) is 26.4. The maximum Gasteiger partial charge on any atom is 0.238 e. The molecule has 5 heteroatoms. The van der Waals surface area contributed by atoms with Crippen molar-refractivity contribution < 1.29 is 13.9 Å². The first-order valence-corrected chi connectivity index (χ1v) is 7.14. The molecule has 4 nitrogen and oxygen atoms in total. The lowest BCUT2D eigenvalue weighted by Gasteiger charge is -2.25. The Hall–Kier alpha value is -1.46. The summed E-state index contributed by atoms with van der Waals surface area (Å²) in [6.45, 7) is 1.85. The molecule has 2 fully saturated rings. The van der Waals surface area contributed by atoms with E-state index in [9.17, 15) is 9.18 Å². The summed E-state index contributed by atoms with van der Waals surface area (Å²) in [6.07, 6.45) is 3.18. The maximum absolute atomic E-state index is 13.0. The fourth-order valence-corrected chi connectivity index (χ4v) is 2.89. The van der Waals surface area contributed by atoms with E-state index in [0.29, 0.717) is 13.1 Å². The Morgan fingerprint density at radius 3 is 2.85 bits per heavy atom. The molecule has 0 saturated carbocycles. The van der Waals surface area contributed by atoms with E-state index in [1.807, 2.05) is 4.90 Å². The molecule has 20 heavy (non-hydrogen) atoms. The van der Waals surface area contributed by atoms with Crippen LogP contribution in [0.1, 0.15) is 31.0 Å². The number of ether oxygens (including phenoxy) is 1. The third kappa shape index (κ3) is 2.83. The number of carbonyl (C=O) groups is 1. The Bertz CT molecular complexity index is 471. The molecule has 1 aromatic rings. The minimum absolute atomic E-state index is 0.0947. The number of hydrogen-bond acceptors (Lipinski definition) is 3. The van der Waals surface area contributed by atoms with Crippen LogP contribution in [0.3, 0.4) is 0 Å². The largest absolute Gasteiger partial charge is 0.378 e. The molecule has 0 aromatic heterocycles. The van der Waals surface area contributed by atoms with Crippen molar-refractivity contribution in [3.05, 3.63) is 35.6 Å². The van der Waals surface area contributed by atoms with Gasteiger partial charge >= 0.3 is 0 Å². The van der Waals surface area contributed by atoms with Gasteiger partial charge in [0, 0.05) is 13.2 Å². The van der Waals surface area contributed by atoms with Crippen molar-refractivity contribution in [3.8, 4) is 0 Å². The van der Waals surface area contributed by atoms with E-state index in [2.05, 4.69) is 5.32 Å². The highest BCUT2D eigenvalue weighted by Gasteiger charge is 2.32. The van der Waals surface area contributed by atoms with E-state index >= 15 is 0 Å². The van der Waals surface area contributed by atoms with E-state index in [1.165, 1.54) is 12.1 Å². The number of halogens is 1. The van der Waals surface area contributed by atoms with Crippen LogP contribution in [0.4, 0.5) is 4.39 Å². The van der Waals surface area contributed by atoms with Crippen molar-refractivity contribution in [1.29, 1.82) is 0 Å². The van der Waals surface area contributed by atoms with Gasteiger partial charge in [0.1, 0.15) is 12.0 Å². The molecule has 0 bridgehead atoms. The minimum Gasteiger partial charge on any atom is -0.378 e. The molecule has 2 saturated heterocycles. The monoisotopic (exact) mass is 278 g/mol. The standard InChI is InChI=1S/C15H19FN2O2/c16-12-5-3-11(4-6-12)15-17-10-14(19)18(15)8-7-13-2-1-9-20-13/h3-6,13,15,17H,1-2,7-10H2. The summed E-state index contributed by atoms with van der Waals surface area (Å²) in [6, 6.07) is 6.31. The van der Waals surface area contributed by atoms with Crippen LogP contribution >= 0.6 is 0 Å². The summed E-state index contributed by atoms with van der Waals surface area (Å²) >= 11 is 0. The Kier molecular flexibility index (Phi) is 3.98. The van der Waals surface area contributed by atoms with Crippen LogP contribution < -0.4 is 5.32 Å². The summed E-state index contributed by atoms with van der Waals surface area (Å²) < 4.78 is 18.6. The number of benzene rings is 1. The van der Waals surface area contributed by atoms with Gasteiger partial charge in [-0.1, -0.05) is 12.1 Å². The first kappa shape index (κ1) is 13.5. The molecule has 2 heterocycles. The smallest absolute Gasteiger partial charge is 0.238 e. The zero-order valence-corrected chi connectivity index (χ0v) is 11.3. The summed E-state index contributed by atoms with van der Waals surface area (Å²) in [5, 5.41) is 3.18. The van der Waals surface area contributed by atoms with Crippen molar-refractivity contribution in [3.63, 3.8) is 0 Å². The number of hydrogen-bond donors (Lipinski definition) is 1. The Morgan fingerprint density at radius 2 is 2.15 bits per heavy atom. The second-order valence-corrected chi connectivity index (χ2v) is 5.35.